The van der Waals surface area contributed by atoms with E-state index in [9.17, 15) is 0 Å². The van der Waals surface area contributed by atoms with Crippen LogP contribution in [0.1, 0.15) is 12.1 Å². The molecule has 1 aliphatic heterocycles. The van der Waals surface area contributed by atoms with Crippen molar-refractivity contribution in [3.05, 3.63) is 23.9 Å². The Labute approximate surface area is 93.5 Å². The van der Waals surface area contributed by atoms with Gasteiger partial charge in [0.25, 0.3) is 0 Å². The molecule has 1 unspecified atom stereocenters. The Morgan fingerprint density at radius 1 is 1.57 bits per heavy atom. The lowest BCUT2D eigenvalue weighted by Gasteiger charge is -2.17. The van der Waals surface area contributed by atoms with Crippen molar-refractivity contribution >= 4 is 21.7 Å². The summed E-state index contributed by atoms with van der Waals surface area (Å²) in [6.07, 6.45) is 1.28. The number of aromatic nitrogens is 1. The summed E-state index contributed by atoms with van der Waals surface area (Å²) in [4.78, 5) is 6.91. The predicted octanol–water partition coefficient (Wildman–Crippen LogP) is 2.61. The minimum atomic E-state index is 0.789. The quantitative estimate of drug-likeness (QED) is 0.755. The normalized spacial score (nSPS) is 21.6. The number of anilines is 1. The first-order chi connectivity index (χ1) is 6.79. The van der Waals surface area contributed by atoms with Crippen LogP contribution in [0, 0.1) is 12.8 Å². The molecule has 1 saturated heterocycles. The van der Waals surface area contributed by atoms with Gasteiger partial charge in [0.1, 0.15) is 5.82 Å². The van der Waals surface area contributed by atoms with Gasteiger partial charge in [-0.1, -0.05) is 22.0 Å². The molecular weight excluding hydrogens is 240 g/mol. The maximum atomic E-state index is 4.53. The van der Waals surface area contributed by atoms with E-state index in [-0.39, 0.29) is 0 Å². The summed E-state index contributed by atoms with van der Waals surface area (Å²) in [7, 11) is 0. The lowest BCUT2D eigenvalue weighted by atomic mass is 10.2. The summed E-state index contributed by atoms with van der Waals surface area (Å²) in [6.45, 7) is 4.33. The number of rotatable bonds is 2. The summed E-state index contributed by atoms with van der Waals surface area (Å²) in [5, 5.41) is 1.11. The molecule has 0 saturated carbocycles. The molecule has 76 valence electrons. The van der Waals surface area contributed by atoms with Crippen LogP contribution in [-0.2, 0) is 0 Å². The molecule has 14 heavy (non-hydrogen) atoms. The Balaban J connectivity index is 2.09. The van der Waals surface area contributed by atoms with Crippen LogP contribution in [0.5, 0.6) is 0 Å². The van der Waals surface area contributed by atoms with Gasteiger partial charge in [0, 0.05) is 24.1 Å². The minimum Gasteiger partial charge on any atom is -0.356 e. The Bertz CT molecular complexity index is 314. The molecular formula is C11H15BrN2. The average Bonchev–Trinajstić information content (AvgIpc) is 2.66. The average molecular weight is 255 g/mol. The van der Waals surface area contributed by atoms with E-state index in [1.54, 1.807) is 0 Å². The molecule has 1 fully saturated rings. The van der Waals surface area contributed by atoms with E-state index < -0.39 is 0 Å². The second-order valence-corrected chi connectivity index (χ2v) is 4.54. The van der Waals surface area contributed by atoms with Crippen molar-refractivity contribution < 1.29 is 0 Å². The molecule has 1 aromatic rings. The summed E-state index contributed by atoms with van der Waals surface area (Å²) in [5.41, 5.74) is 1.10. The SMILES string of the molecule is Cc1cccc(N2CCC(CBr)C2)n1. The van der Waals surface area contributed by atoms with E-state index in [4.69, 9.17) is 0 Å². The molecule has 2 rings (SSSR count). The van der Waals surface area contributed by atoms with Gasteiger partial charge in [0.2, 0.25) is 0 Å². The molecule has 1 aromatic heterocycles. The zero-order valence-corrected chi connectivity index (χ0v) is 10.00. The third-order valence-corrected chi connectivity index (χ3v) is 3.62. The van der Waals surface area contributed by atoms with Gasteiger partial charge in [-0.25, -0.2) is 4.98 Å². The maximum Gasteiger partial charge on any atom is 0.128 e. The largest absolute Gasteiger partial charge is 0.356 e. The third-order valence-electron chi connectivity index (χ3n) is 2.70. The smallest absolute Gasteiger partial charge is 0.128 e. The van der Waals surface area contributed by atoms with Gasteiger partial charge in [0.05, 0.1) is 0 Å². The van der Waals surface area contributed by atoms with Gasteiger partial charge >= 0.3 is 0 Å². The molecule has 0 aromatic carbocycles. The third kappa shape index (κ3) is 2.08. The number of hydrogen-bond acceptors (Lipinski definition) is 2. The van der Waals surface area contributed by atoms with Crippen LogP contribution in [0.3, 0.4) is 0 Å². The van der Waals surface area contributed by atoms with E-state index in [0.717, 1.165) is 35.8 Å². The highest BCUT2D eigenvalue weighted by atomic mass is 79.9. The van der Waals surface area contributed by atoms with Gasteiger partial charge in [-0.3, -0.25) is 0 Å². The minimum absolute atomic E-state index is 0.789. The first-order valence-electron chi connectivity index (χ1n) is 5.04. The predicted molar refractivity (Wildman–Crippen MR) is 63.1 cm³/mol. The van der Waals surface area contributed by atoms with Crippen molar-refractivity contribution in [2.75, 3.05) is 23.3 Å². The lowest BCUT2D eigenvalue weighted by molar-refractivity contribution is 0.675. The number of pyridine rings is 1. The van der Waals surface area contributed by atoms with E-state index in [0.29, 0.717) is 0 Å². The van der Waals surface area contributed by atoms with E-state index in [1.165, 1.54) is 6.42 Å². The zero-order valence-electron chi connectivity index (χ0n) is 8.41. The summed E-state index contributed by atoms with van der Waals surface area (Å²) in [6, 6.07) is 6.23. The van der Waals surface area contributed by atoms with Crippen LogP contribution >= 0.6 is 15.9 Å². The van der Waals surface area contributed by atoms with Crippen molar-refractivity contribution in [2.45, 2.75) is 13.3 Å². The Hall–Kier alpha value is -0.570. The fraction of sp³-hybridized carbons (Fsp3) is 0.545. The van der Waals surface area contributed by atoms with Gasteiger partial charge in [-0.2, -0.15) is 0 Å². The Morgan fingerprint density at radius 3 is 3.07 bits per heavy atom. The highest BCUT2D eigenvalue weighted by molar-refractivity contribution is 9.09. The van der Waals surface area contributed by atoms with Crippen molar-refractivity contribution in [3.8, 4) is 0 Å². The number of hydrogen-bond donors (Lipinski definition) is 0. The molecule has 0 aliphatic carbocycles. The van der Waals surface area contributed by atoms with Gasteiger partial charge < -0.3 is 4.90 Å². The molecule has 0 amide bonds. The van der Waals surface area contributed by atoms with Crippen molar-refractivity contribution in [1.29, 1.82) is 0 Å². The highest BCUT2D eigenvalue weighted by Gasteiger charge is 2.22. The topological polar surface area (TPSA) is 16.1 Å². The first kappa shape index (κ1) is 9.97. The number of nitrogens with zero attached hydrogens (tertiary/aromatic N) is 2. The van der Waals surface area contributed by atoms with Crippen LogP contribution in [0.2, 0.25) is 0 Å². The molecule has 0 radical (unpaired) electrons. The first-order valence-corrected chi connectivity index (χ1v) is 6.16. The van der Waals surface area contributed by atoms with Gasteiger partial charge in [-0.05, 0) is 31.4 Å². The molecule has 1 aliphatic rings. The molecule has 2 nitrogen and oxygen atoms in total. The second kappa shape index (κ2) is 4.30. The second-order valence-electron chi connectivity index (χ2n) is 3.89. The lowest BCUT2D eigenvalue weighted by Crippen LogP contribution is -2.21. The monoisotopic (exact) mass is 254 g/mol. The summed E-state index contributed by atoms with van der Waals surface area (Å²) >= 11 is 3.54. The number of aryl methyl sites for hydroxylation is 1. The van der Waals surface area contributed by atoms with Crippen molar-refractivity contribution in [2.24, 2.45) is 5.92 Å². The Kier molecular flexibility index (Phi) is 3.06. The van der Waals surface area contributed by atoms with Crippen LogP contribution in [0.15, 0.2) is 18.2 Å². The number of halogens is 1. The van der Waals surface area contributed by atoms with E-state index in [2.05, 4.69) is 37.9 Å². The zero-order chi connectivity index (χ0) is 9.97. The van der Waals surface area contributed by atoms with Gasteiger partial charge in [0.15, 0.2) is 0 Å². The van der Waals surface area contributed by atoms with Crippen molar-refractivity contribution in [1.82, 2.24) is 4.98 Å². The fourth-order valence-electron chi connectivity index (χ4n) is 1.87. The highest BCUT2D eigenvalue weighted by Crippen LogP contribution is 2.23. The van der Waals surface area contributed by atoms with Crippen LogP contribution in [-0.4, -0.2) is 23.4 Å². The standard InChI is InChI=1S/C11H15BrN2/c1-9-3-2-4-11(13-9)14-6-5-10(7-12)8-14/h2-4,10H,5-8H2,1H3. The van der Waals surface area contributed by atoms with E-state index in [1.807, 2.05) is 13.0 Å². The molecule has 0 spiro atoms. The number of alkyl halides is 1. The maximum absolute atomic E-state index is 4.53. The summed E-state index contributed by atoms with van der Waals surface area (Å²) in [5.74, 6) is 1.92. The van der Waals surface area contributed by atoms with Crippen molar-refractivity contribution in [3.63, 3.8) is 0 Å². The van der Waals surface area contributed by atoms with E-state index >= 15 is 0 Å². The Morgan fingerprint density at radius 2 is 2.43 bits per heavy atom. The molecule has 1 atom stereocenters. The molecule has 3 heteroatoms. The molecule has 0 bridgehead atoms. The molecule has 0 N–H and O–H groups in total. The molecule has 2 heterocycles. The van der Waals surface area contributed by atoms with Crippen LogP contribution in [0.25, 0.3) is 0 Å². The fourth-order valence-corrected chi connectivity index (χ4v) is 2.40. The van der Waals surface area contributed by atoms with Crippen LogP contribution in [0.4, 0.5) is 5.82 Å². The van der Waals surface area contributed by atoms with Crippen LogP contribution < -0.4 is 4.90 Å². The van der Waals surface area contributed by atoms with Gasteiger partial charge in [-0.15, -0.1) is 0 Å². The summed E-state index contributed by atoms with van der Waals surface area (Å²) < 4.78 is 0.